The van der Waals surface area contributed by atoms with Crippen LogP contribution in [0.25, 0.3) is 11.4 Å². The lowest BCUT2D eigenvalue weighted by Crippen LogP contribution is -2.48. The summed E-state index contributed by atoms with van der Waals surface area (Å²) in [5.74, 6) is -2.00. The number of aliphatic hydroxyl groups excluding tert-OH is 1. The molecular weight excluding hydrogens is 502 g/mol. The molecule has 3 atom stereocenters. The topological polar surface area (TPSA) is 97.3 Å². The largest absolute Gasteiger partial charge is 0.384 e. The van der Waals surface area contributed by atoms with Crippen molar-refractivity contribution in [2.24, 2.45) is 11.1 Å². The zero-order valence-electron chi connectivity index (χ0n) is 21.8. The molecule has 0 bridgehead atoms. The van der Waals surface area contributed by atoms with E-state index in [4.69, 9.17) is 5.73 Å². The fraction of sp³-hybridized carbons (Fsp3) is 0.444. The van der Waals surface area contributed by atoms with Crippen LogP contribution in [0.4, 0.5) is 17.6 Å². The third-order valence-corrected chi connectivity index (χ3v) is 6.09. The summed E-state index contributed by atoms with van der Waals surface area (Å²) >= 11 is 0. The molecule has 3 N–H and O–H groups in total. The van der Waals surface area contributed by atoms with Gasteiger partial charge in [-0.15, -0.1) is 0 Å². The van der Waals surface area contributed by atoms with Crippen molar-refractivity contribution in [1.29, 1.82) is 0 Å². The Morgan fingerprint density at radius 1 is 1.13 bits per heavy atom. The van der Waals surface area contributed by atoms with Gasteiger partial charge in [-0.3, -0.25) is 4.79 Å². The SMILES string of the molecule is C[C@H](O)C(=O)N(CC[C@@H](N)C(F)F)C(c1nc(-c2cc(F)ccc2F)nn1Cc1ccccc1)C(C)(C)C. The molecule has 0 saturated heterocycles. The third-order valence-electron chi connectivity index (χ3n) is 6.09. The molecule has 38 heavy (non-hydrogen) atoms. The predicted octanol–water partition coefficient (Wildman–Crippen LogP) is 4.55. The standard InChI is InChI=1S/C27H33F4N5O2/c1-16(37)26(38)35(13-12-21(32)23(30)31)22(27(2,3)4)25-33-24(19-14-18(28)10-11-20(19)29)34-36(25)15-17-8-6-5-7-9-17/h5-11,14,16,21-23,37H,12-13,15,32H2,1-4H3/t16-,21+,22?/m0/s1. The number of hydrogen-bond acceptors (Lipinski definition) is 5. The Kier molecular flexibility index (Phi) is 9.26. The first kappa shape index (κ1) is 29.2. The zero-order chi connectivity index (χ0) is 28.2. The third kappa shape index (κ3) is 6.96. The van der Waals surface area contributed by atoms with E-state index in [9.17, 15) is 27.5 Å². The number of benzene rings is 2. The Hall–Kier alpha value is -3.31. The molecule has 11 heteroatoms. The molecule has 0 saturated carbocycles. The van der Waals surface area contributed by atoms with Gasteiger partial charge in [-0.2, -0.15) is 5.10 Å². The number of carbonyl (C=O) groups is 1. The molecule has 0 aliphatic heterocycles. The zero-order valence-corrected chi connectivity index (χ0v) is 21.8. The number of aliphatic hydroxyl groups is 1. The van der Waals surface area contributed by atoms with Gasteiger partial charge in [-0.1, -0.05) is 51.1 Å². The van der Waals surface area contributed by atoms with Gasteiger partial charge in [0.15, 0.2) is 11.6 Å². The second kappa shape index (κ2) is 12.0. The van der Waals surface area contributed by atoms with Gasteiger partial charge in [0, 0.05) is 6.54 Å². The van der Waals surface area contributed by atoms with E-state index in [0.29, 0.717) is 0 Å². The molecule has 0 aliphatic rings. The van der Waals surface area contributed by atoms with E-state index in [2.05, 4.69) is 10.1 Å². The second-order valence-electron chi connectivity index (χ2n) is 10.3. The summed E-state index contributed by atoms with van der Waals surface area (Å²) < 4.78 is 56.6. The van der Waals surface area contributed by atoms with Crippen LogP contribution < -0.4 is 5.73 Å². The first-order valence-corrected chi connectivity index (χ1v) is 12.3. The second-order valence-corrected chi connectivity index (χ2v) is 10.3. The van der Waals surface area contributed by atoms with Crippen molar-refractivity contribution < 1.29 is 27.5 Å². The molecule has 0 spiro atoms. The van der Waals surface area contributed by atoms with E-state index in [1.54, 1.807) is 0 Å². The molecule has 1 amide bonds. The number of rotatable bonds is 10. The molecule has 0 aliphatic carbocycles. The van der Waals surface area contributed by atoms with Crippen LogP contribution in [-0.2, 0) is 11.3 Å². The first-order valence-electron chi connectivity index (χ1n) is 12.3. The number of nitrogens with zero attached hydrogens (tertiary/aromatic N) is 4. The van der Waals surface area contributed by atoms with E-state index in [0.717, 1.165) is 23.8 Å². The maximum absolute atomic E-state index is 14.7. The predicted molar refractivity (Wildman–Crippen MR) is 135 cm³/mol. The molecule has 0 fully saturated rings. The number of aromatic nitrogens is 3. The molecule has 2 aromatic carbocycles. The highest BCUT2D eigenvalue weighted by atomic mass is 19.3. The lowest BCUT2D eigenvalue weighted by Gasteiger charge is -2.40. The van der Waals surface area contributed by atoms with Gasteiger partial charge in [-0.25, -0.2) is 27.2 Å². The van der Waals surface area contributed by atoms with Gasteiger partial charge in [-0.05, 0) is 42.5 Å². The average Bonchev–Trinajstić information content (AvgIpc) is 3.24. The van der Waals surface area contributed by atoms with E-state index < -0.39 is 47.6 Å². The Labute approximate surface area is 219 Å². The molecule has 206 valence electrons. The van der Waals surface area contributed by atoms with E-state index in [1.807, 2.05) is 51.1 Å². The summed E-state index contributed by atoms with van der Waals surface area (Å²) in [4.78, 5) is 19.0. The minimum absolute atomic E-state index is 0.101. The highest BCUT2D eigenvalue weighted by Crippen LogP contribution is 2.39. The van der Waals surface area contributed by atoms with Gasteiger partial charge in [0.25, 0.3) is 12.3 Å². The summed E-state index contributed by atoms with van der Waals surface area (Å²) in [6, 6.07) is 9.74. The number of alkyl halides is 2. The van der Waals surface area contributed by atoms with Crippen molar-refractivity contribution in [1.82, 2.24) is 19.7 Å². The Balaban J connectivity index is 2.20. The van der Waals surface area contributed by atoms with Gasteiger partial charge >= 0.3 is 0 Å². The van der Waals surface area contributed by atoms with Gasteiger partial charge in [0.1, 0.15) is 17.7 Å². The van der Waals surface area contributed by atoms with Gasteiger partial charge < -0.3 is 15.7 Å². The number of nitrogens with two attached hydrogens (primary N) is 1. The fourth-order valence-corrected chi connectivity index (χ4v) is 4.23. The molecule has 3 rings (SSSR count). The number of amides is 1. The molecule has 3 aromatic rings. The quantitative estimate of drug-likeness (QED) is 0.371. The summed E-state index contributed by atoms with van der Waals surface area (Å²) in [6.45, 7) is 6.72. The smallest absolute Gasteiger partial charge is 0.253 e. The highest BCUT2D eigenvalue weighted by molar-refractivity contribution is 5.80. The van der Waals surface area contributed by atoms with Crippen molar-refractivity contribution >= 4 is 5.91 Å². The number of carbonyl (C=O) groups excluding carboxylic acids is 1. The summed E-state index contributed by atoms with van der Waals surface area (Å²) in [7, 11) is 0. The van der Waals surface area contributed by atoms with Crippen LogP contribution in [0.2, 0.25) is 0 Å². The minimum Gasteiger partial charge on any atom is -0.384 e. The van der Waals surface area contributed by atoms with Crippen molar-refractivity contribution in [3.05, 3.63) is 71.6 Å². The monoisotopic (exact) mass is 535 g/mol. The maximum Gasteiger partial charge on any atom is 0.253 e. The highest BCUT2D eigenvalue weighted by Gasteiger charge is 2.40. The van der Waals surface area contributed by atoms with Crippen molar-refractivity contribution in [3.63, 3.8) is 0 Å². The fourth-order valence-electron chi connectivity index (χ4n) is 4.23. The Bertz CT molecular complexity index is 1230. The number of hydrogen-bond donors (Lipinski definition) is 2. The van der Waals surface area contributed by atoms with Crippen molar-refractivity contribution in [2.75, 3.05) is 6.54 Å². The van der Waals surface area contributed by atoms with Crippen LogP contribution >= 0.6 is 0 Å². The lowest BCUT2D eigenvalue weighted by molar-refractivity contribution is -0.145. The van der Waals surface area contributed by atoms with Crippen molar-refractivity contribution in [2.45, 2.75) is 65.3 Å². The molecular formula is C27H33F4N5O2. The summed E-state index contributed by atoms with van der Waals surface area (Å²) in [5, 5.41) is 14.7. The molecule has 1 unspecified atom stereocenters. The van der Waals surface area contributed by atoms with Crippen LogP contribution in [0, 0.1) is 17.0 Å². The molecule has 1 aromatic heterocycles. The van der Waals surface area contributed by atoms with Crippen molar-refractivity contribution in [3.8, 4) is 11.4 Å². The van der Waals surface area contributed by atoms with E-state index in [1.165, 1.54) is 16.5 Å². The molecule has 0 radical (unpaired) electrons. The summed E-state index contributed by atoms with van der Waals surface area (Å²) in [6.07, 6.45) is -4.47. The first-order chi connectivity index (χ1) is 17.8. The van der Waals surface area contributed by atoms with E-state index >= 15 is 0 Å². The minimum atomic E-state index is -2.80. The normalized spacial score (nSPS) is 14.4. The maximum atomic E-state index is 14.7. The Morgan fingerprint density at radius 3 is 2.37 bits per heavy atom. The van der Waals surface area contributed by atoms with Gasteiger partial charge in [0.2, 0.25) is 0 Å². The lowest BCUT2D eigenvalue weighted by atomic mass is 9.84. The molecule has 7 nitrogen and oxygen atoms in total. The van der Waals surface area contributed by atoms with Crippen LogP contribution in [0.3, 0.4) is 0 Å². The van der Waals surface area contributed by atoms with Gasteiger partial charge in [0.05, 0.1) is 24.2 Å². The van der Waals surface area contributed by atoms with Crippen LogP contribution in [-0.4, -0.2) is 55.8 Å². The number of halogens is 4. The molecule has 1 heterocycles. The van der Waals surface area contributed by atoms with E-state index in [-0.39, 0.29) is 36.7 Å². The Morgan fingerprint density at radius 2 is 1.79 bits per heavy atom. The average molecular weight is 536 g/mol. The van der Waals surface area contributed by atoms with Crippen LogP contribution in [0.1, 0.15) is 51.5 Å². The van der Waals surface area contributed by atoms with Crippen LogP contribution in [0.15, 0.2) is 48.5 Å². The summed E-state index contributed by atoms with van der Waals surface area (Å²) in [5.41, 5.74) is 5.48. The van der Waals surface area contributed by atoms with Crippen LogP contribution in [0.5, 0.6) is 0 Å².